The Morgan fingerprint density at radius 3 is 2.73 bits per heavy atom. The van der Waals surface area contributed by atoms with Crippen molar-refractivity contribution in [2.75, 3.05) is 13.7 Å². The number of rotatable bonds is 6. The van der Waals surface area contributed by atoms with Crippen molar-refractivity contribution in [2.45, 2.75) is 32.3 Å². The van der Waals surface area contributed by atoms with E-state index in [2.05, 4.69) is 6.08 Å². The van der Waals surface area contributed by atoms with Gasteiger partial charge in [-0.2, -0.15) is 0 Å². The van der Waals surface area contributed by atoms with Gasteiger partial charge in [0.05, 0.1) is 12.7 Å². The molecule has 2 heteroatoms. The minimum Gasteiger partial charge on any atom is -0.393 e. The lowest BCUT2D eigenvalue weighted by Crippen LogP contribution is -1.97. The van der Waals surface area contributed by atoms with E-state index in [9.17, 15) is 0 Å². The first-order chi connectivity index (χ1) is 5.27. The zero-order valence-corrected chi connectivity index (χ0v) is 7.42. The Bertz CT molecular complexity index is 97.7. The summed E-state index contributed by atoms with van der Waals surface area (Å²) in [4.78, 5) is 0. The molecule has 0 bridgehead atoms. The standard InChI is InChI=1S/C9H18O2/c1-9(10)7-5-3-4-6-8-11-2/h4,6,9-10H,3,5,7-8H2,1-2H3/b6-4+. The third kappa shape index (κ3) is 9.66. The zero-order chi connectivity index (χ0) is 8.53. The third-order valence-electron chi connectivity index (χ3n) is 1.42. The van der Waals surface area contributed by atoms with Gasteiger partial charge in [0.15, 0.2) is 0 Å². The second kappa shape index (κ2) is 7.76. The Balaban J connectivity index is 3.01. The minimum absolute atomic E-state index is 0.161. The number of methoxy groups -OCH3 is 1. The Kier molecular flexibility index (Phi) is 7.52. The predicted octanol–water partition coefficient (Wildman–Crippen LogP) is 1.74. The quantitative estimate of drug-likeness (QED) is 0.471. The van der Waals surface area contributed by atoms with Gasteiger partial charge in [0.2, 0.25) is 0 Å². The van der Waals surface area contributed by atoms with E-state index >= 15 is 0 Å². The highest BCUT2D eigenvalue weighted by Gasteiger charge is 1.91. The lowest BCUT2D eigenvalue weighted by atomic mass is 10.2. The maximum atomic E-state index is 8.91. The van der Waals surface area contributed by atoms with Crippen LogP contribution in [-0.2, 0) is 4.74 Å². The summed E-state index contributed by atoms with van der Waals surface area (Å²) in [7, 11) is 1.68. The van der Waals surface area contributed by atoms with E-state index in [1.165, 1.54) is 0 Å². The molecule has 1 atom stereocenters. The Morgan fingerprint density at radius 2 is 2.18 bits per heavy atom. The highest BCUT2D eigenvalue weighted by Crippen LogP contribution is 2.00. The van der Waals surface area contributed by atoms with Gasteiger partial charge in [0.1, 0.15) is 0 Å². The molecule has 0 saturated heterocycles. The van der Waals surface area contributed by atoms with Crippen LogP contribution in [0.4, 0.5) is 0 Å². The van der Waals surface area contributed by atoms with Gasteiger partial charge in [-0.1, -0.05) is 12.2 Å². The molecule has 0 aliphatic rings. The molecule has 0 heterocycles. The van der Waals surface area contributed by atoms with Gasteiger partial charge in [0.25, 0.3) is 0 Å². The summed E-state index contributed by atoms with van der Waals surface area (Å²) in [5.74, 6) is 0. The summed E-state index contributed by atoms with van der Waals surface area (Å²) >= 11 is 0. The van der Waals surface area contributed by atoms with Crippen LogP contribution in [0, 0.1) is 0 Å². The van der Waals surface area contributed by atoms with Crippen molar-refractivity contribution < 1.29 is 9.84 Å². The fourth-order valence-electron chi connectivity index (χ4n) is 0.813. The molecule has 66 valence electrons. The van der Waals surface area contributed by atoms with Crippen LogP contribution in [0.25, 0.3) is 0 Å². The highest BCUT2D eigenvalue weighted by molar-refractivity contribution is 4.81. The summed E-state index contributed by atoms with van der Waals surface area (Å²) in [6, 6.07) is 0. The first-order valence-electron chi connectivity index (χ1n) is 4.09. The van der Waals surface area contributed by atoms with E-state index in [-0.39, 0.29) is 6.10 Å². The van der Waals surface area contributed by atoms with Crippen LogP contribution in [0.5, 0.6) is 0 Å². The van der Waals surface area contributed by atoms with E-state index in [0.29, 0.717) is 6.61 Å². The molecule has 1 N–H and O–H groups in total. The van der Waals surface area contributed by atoms with Crippen molar-refractivity contribution in [3.05, 3.63) is 12.2 Å². The van der Waals surface area contributed by atoms with Crippen LogP contribution in [0.15, 0.2) is 12.2 Å². The molecule has 0 aliphatic carbocycles. The fourth-order valence-corrected chi connectivity index (χ4v) is 0.813. The highest BCUT2D eigenvalue weighted by atomic mass is 16.5. The van der Waals surface area contributed by atoms with E-state index in [4.69, 9.17) is 9.84 Å². The lowest BCUT2D eigenvalue weighted by Gasteiger charge is -1.99. The smallest absolute Gasteiger partial charge is 0.0643 e. The Labute approximate surface area is 68.9 Å². The topological polar surface area (TPSA) is 29.5 Å². The first kappa shape index (κ1) is 10.7. The van der Waals surface area contributed by atoms with Crippen molar-refractivity contribution in [1.29, 1.82) is 0 Å². The largest absolute Gasteiger partial charge is 0.393 e. The van der Waals surface area contributed by atoms with E-state index in [1.54, 1.807) is 7.11 Å². The fraction of sp³-hybridized carbons (Fsp3) is 0.778. The maximum absolute atomic E-state index is 8.91. The molecule has 0 aromatic heterocycles. The second-order valence-electron chi connectivity index (χ2n) is 2.71. The normalized spacial score (nSPS) is 14.1. The summed E-state index contributed by atoms with van der Waals surface area (Å²) in [6.07, 6.45) is 6.91. The zero-order valence-electron chi connectivity index (χ0n) is 7.42. The molecule has 0 rings (SSSR count). The number of allylic oxidation sites excluding steroid dienone is 1. The van der Waals surface area contributed by atoms with Gasteiger partial charge in [-0.3, -0.25) is 0 Å². The van der Waals surface area contributed by atoms with E-state index in [1.807, 2.05) is 13.0 Å². The number of ether oxygens (including phenoxy) is 1. The molecule has 0 aromatic rings. The molecule has 0 fully saturated rings. The van der Waals surface area contributed by atoms with Crippen LogP contribution in [0.3, 0.4) is 0 Å². The van der Waals surface area contributed by atoms with Crippen molar-refractivity contribution >= 4 is 0 Å². The first-order valence-corrected chi connectivity index (χ1v) is 4.09. The summed E-state index contributed by atoms with van der Waals surface area (Å²) < 4.78 is 4.83. The lowest BCUT2D eigenvalue weighted by molar-refractivity contribution is 0.182. The van der Waals surface area contributed by atoms with E-state index in [0.717, 1.165) is 19.3 Å². The predicted molar refractivity (Wildman–Crippen MR) is 46.5 cm³/mol. The van der Waals surface area contributed by atoms with Crippen molar-refractivity contribution in [1.82, 2.24) is 0 Å². The number of aliphatic hydroxyl groups excluding tert-OH is 1. The molecule has 0 radical (unpaired) electrons. The summed E-state index contributed by atoms with van der Waals surface area (Å²) in [5, 5.41) is 8.91. The molecule has 0 saturated carbocycles. The number of unbranched alkanes of at least 4 members (excludes halogenated alkanes) is 1. The minimum atomic E-state index is -0.161. The molecule has 2 nitrogen and oxygen atoms in total. The van der Waals surface area contributed by atoms with Gasteiger partial charge in [-0.05, 0) is 26.2 Å². The molecule has 0 amide bonds. The molecule has 11 heavy (non-hydrogen) atoms. The number of hydrogen-bond donors (Lipinski definition) is 1. The Hall–Kier alpha value is -0.340. The molecule has 0 spiro atoms. The van der Waals surface area contributed by atoms with Crippen molar-refractivity contribution in [2.24, 2.45) is 0 Å². The SMILES string of the molecule is COC/C=C/CCCC(C)O. The third-order valence-corrected chi connectivity index (χ3v) is 1.42. The van der Waals surface area contributed by atoms with Crippen molar-refractivity contribution in [3.63, 3.8) is 0 Å². The molecule has 1 unspecified atom stereocenters. The molecular formula is C9H18O2. The van der Waals surface area contributed by atoms with Crippen LogP contribution < -0.4 is 0 Å². The average molecular weight is 158 g/mol. The monoisotopic (exact) mass is 158 g/mol. The Morgan fingerprint density at radius 1 is 1.45 bits per heavy atom. The molecular weight excluding hydrogens is 140 g/mol. The maximum Gasteiger partial charge on any atom is 0.0643 e. The number of hydrogen-bond acceptors (Lipinski definition) is 2. The van der Waals surface area contributed by atoms with Gasteiger partial charge in [-0.15, -0.1) is 0 Å². The van der Waals surface area contributed by atoms with Gasteiger partial charge in [0, 0.05) is 7.11 Å². The van der Waals surface area contributed by atoms with E-state index < -0.39 is 0 Å². The van der Waals surface area contributed by atoms with Gasteiger partial charge < -0.3 is 9.84 Å². The van der Waals surface area contributed by atoms with Crippen LogP contribution in [-0.4, -0.2) is 24.9 Å². The summed E-state index contributed by atoms with van der Waals surface area (Å²) in [5.41, 5.74) is 0. The molecule has 0 aliphatic heterocycles. The van der Waals surface area contributed by atoms with Crippen LogP contribution >= 0.6 is 0 Å². The molecule has 0 aromatic carbocycles. The summed E-state index contributed by atoms with van der Waals surface area (Å²) in [6.45, 7) is 2.51. The average Bonchev–Trinajstić information content (AvgIpc) is 1.96. The van der Waals surface area contributed by atoms with Crippen molar-refractivity contribution in [3.8, 4) is 0 Å². The van der Waals surface area contributed by atoms with Gasteiger partial charge >= 0.3 is 0 Å². The van der Waals surface area contributed by atoms with Gasteiger partial charge in [-0.25, -0.2) is 0 Å². The number of aliphatic hydroxyl groups is 1. The second-order valence-corrected chi connectivity index (χ2v) is 2.71. The van der Waals surface area contributed by atoms with Crippen LogP contribution in [0.1, 0.15) is 26.2 Å². The van der Waals surface area contributed by atoms with Crippen LogP contribution in [0.2, 0.25) is 0 Å².